The van der Waals surface area contributed by atoms with Crippen molar-refractivity contribution in [3.8, 4) is 0 Å². The molecule has 9 fully saturated rings. The van der Waals surface area contributed by atoms with Crippen LogP contribution in [0.3, 0.4) is 0 Å². The van der Waals surface area contributed by atoms with Crippen LogP contribution >= 0.6 is 0 Å². The summed E-state index contributed by atoms with van der Waals surface area (Å²) in [7, 11) is 0. The summed E-state index contributed by atoms with van der Waals surface area (Å²) in [6.45, 7) is 17.1. The number of esters is 3. The molecule has 0 amide bonds. The zero-order valence-electron chi connectivity index (χ0n) is 58.6. The second kappa shape index (κ2) is 29.3. The van der Waals surface area contributed by atoms with Gasteiger partial charge in [-0.2, -0.15) is 0 Å². The Morgan fingerprint density at radius 2 is 1.29 bits per heavy atom. The number of aliphatic hydroxyl groups is 12. The van der Waals surface area contributed by atoms with E-state index >= 15 is 4.79 Å². The maximum Gasteiger partial charge on any atom is 0.335 e. The molecule has 6 aliphatic carbocycles. The molecule has 4 heterocycles. The molecule has 11 rings (SSSR count). The van der Waals surface area contributed by atoms with Gasteiger partial charge < -0.3 is 123 Å². The van der Waals surface area contributed by atoms with E-state index < -0.39 is 241 Å². The second-order valence-corrected chi connectivity index (χ2v) is 32.3. The fraction of sp³-hybridized carbons (Fsp3) is 0.792. The van der Waals surface area contributed by atoms with Gasteiger partial charge in [0.25, 0.3) is 0 Å². The monoisotopic (exact) mass is 1430 g/mol. The summed E-state index contributed by atoms with van der Waals surface area (Å²) >= 11 is 0. The molecule has 5 saturated carbocycles. The largest absolute Gasteiger partial charge is 0.479 e. The molecule has 10 aliphatic rings. The number of carboxylic acids is 1. The van der Waals surface area contributed by atoms with Crippen LogP contribution in [0.5, 0.6) is 0 Å². The number of allylic oxidation sites excluding steroid dienone is 2. The molecule has 13 N–H and O–H groups in total. The molecule has 29 nitrogen and oxygen atoms in total. The highest BCUT2D eigenvalue weighted by Crippen LogP contribution is 2.76. The number of fused-ring (bicyclic) bond motifs is 7. The molecule has 29 heteroatoms. The lowest BCUT2D eigenvalue weighted by Gasteiger charge is -2.72. The van der Waals surface area contributed by atoms with Crippen molar-refractivity contribution in [2.75, 3.05) is 13.2 Å². The lowest BCUT2D eigenvalue weighted by Crippen LogP contribution is -2.70. The number of carboxylic acid groups (broad SMARTS) is 1. The molecule has 4 saturated heterocycles. The second-order valence-electron chi connectivity index (χ2n) is 32.3. The van der Waals surface area contributed by atoms with Crippen LogP contribution in [0.2, 0.25) is 0 Å². The molecule has 35 atom stereocenters. The number of rotatable bonds is 17. The SMILES string of the molecule is CC(=O)O[C@H]1[C@H](OC2C[C@@H](C)[C@H](O)[C@@H](O)[C@H]2O)[C@@H](OC(=O)[C@]23CCC(C)(C)C[C@H]2C2C=C[C@@H]4[C@@]5(C)CC[C@H](O[C@@H]6O[C@H](C(=O)O)[C@@H](O)[C@H](O[C@@H]7OC[C@@H](O)[C@H](O)[C@H]7O)[C@H]6O[C@H]6O[C@H](CO)[C@H](O)[C@H](O)[C@H]6O)[C@@](C)(C=O)[C@@H]5CC[C@@]4(C)[C@]2(C)C[C@H]3O)O[C@@H](C)[C@H]1OC(=O)/C=C/c1ccc(C)cc1. The first-order valence-corrected chi connectivity index (χ1v) is 35.4. The van der Waals surface area contributed by atoms with E-state index in [4.69, 9.17) is 52.1 Å². The summed E-state index contributed by atoms with van der Waals surface area (Å²) in [5.74, 6) is -6.65. The number of aryl methyl sites for hydroxylation is 1. The summed E-state index contributed by atoms with van der Waals surface area (Å²) in [5, 5.41) is 144. The van der Waals surface area contributed by atoms with Crippen molar-refractivity contribution in [2.24, 2.45) is 62.1 Å². The van der Waals surface area contributed by atoms with Gasteiger partial charge in [0.05, 0.1) is 54.6 Å². The van der Waals surface area contributed by atoms with Crippen molar-refractivity contribution in [3.63, 3.8) is 0 Å². The number of ether oxygens (including phenoxy) is 11. The van der Waals surface area contributed by atoms with Crippen LogP contribution in [0, 0.1) is 69.0 Å². The Labute approximate surface area is 585 Å². The summed E-state index contributed by atoms with van der Waals surface area (Å²) in [6.07, 6.45) is -32.6. The first-order chi connectivity index (χ1) is 47.4. The molecule has 1 aromatic carbocycles. The lowest BCUT2D eigenvalue weighted by molar-refractivity contribution is -0.391. The molecule has 4 aliphatic heterocycles. The lowest BCUT2D eigenvalue weighted by atomic mass is 9.32. The predicted octanol–water partition coefficient (Wildman–Crippen LogP) is 0.388. The fourth-order valence-electron chi connectivity index (χ4n) is 19.5. The van der Waals surface area contributed by atoms with E-state index in [1.807, 2.05) is 31.2 Å². The number of hydrogen-bond acceptors (Lipinski definition) is 28. The molecule has 101 heavy (non-hydrogen) atoms. The van der Waals surface area contributed by atoms with Gasteiger partial charge in [-0.25, -0.2) is 9.59 Å². The van der Waals surface area contributed by atoms with Gasteiger partial charge in [-0.15, -0.1) is 0 Å². The van der Waals surface area contributed by atoms with E-state index in [1.54, 1.807) is 19.9 Å². The van der Waals surface area contributed by atoms with Crippen molar-refractivity contribution < 1.29 is 142 Å². The molecular weight excluding hydrogens is 1330 g/mol. The normalized spacial score (nSPS) is 49.6. The van der Waals surface area contributed by atoms with Gasteiger partial charge in [-0.05, 0) is 135 Å². The third kappa shape index (κ3) is 13.8. The number of benzene rings is 1. The van der Waals surface area contributed by atoms with Gasteiger partial charge in [0.2, 0.25) is 6.29 Å². The number of carbonyl (C=O) groups excluding carboxylic acids is 4. The minimum Gasteiger partial charge on any atom is -0.479 e. The highest BCUT2D eigenvalue weighted by atomic mass is 16.8. The van der Waals surface area contributed by atoms with E-state index in [1.165, 1.54) is 13.0 Å². The quantitative estimate of drug-likeness (QED) is 0.0250. The van der Waals surface area contributed by atoms with Crippen molar-refractivity contribution >= 4 is 36.2 Å². The van der Waals surface area contributed by atoms with Crippen molar-refractivity contribution in [2.45, 2.75) is 280 Å². The minimum absolute atomic E-state index is 0.0256. The first kappa shape index (κ1) is 77.5. The number of aldehydes is 1. The molecular formula is C72H104O29. The van der Waals surface area contributed by atoms with E-state index in [0.717, 1.165) is 18.8 Å². The highest BCUT2D eigenvalue weighted by Gasteiger charge is 2.74. The van der Waals surface area contributed by atoms with Gasteiger partial charge in [-0.3, -0.25) is 9.59 Å². The number of hydrogen-bond donors (Lipinski definition) is 13. The van der Waals surface area contributed by atoms with Gasteiger partial charge in [-0.1, -0.05) is 90.4 Å². The summed E-state index contributed by atoms with van der Waals surface area (Å²) < 4.78 is 68.1. The van der Waals surface area contributed by atoms with Gasteiger partial charge in [0.1, 0.15) is 79.5 Å². The Kier molecular flexibility index (Phi) is 22.5. The summed E-state index contributed by atoms with van der Waals surface area (Å²) in [5.41, 5.74) is -3.88. The van der Waals surface area contributed by atoms with E-state index in [-0.39, 0.29) is 37.0 Å². The molecule has 1 aromatic rings. The van der Waals surface area contributed by atoms with Crippen molar-refractivity contribution in [3.05, 3.63) is 53.6 Å². The number of aliphatic hydroxyl groups excluding tert-OH is 12. The maximum absolute atomic E-state index is 16.0. The summed E-state index contributed by atoms with van der Waals surface area (Å²) in [6, 6.07) is 7.35. The van der Waals surface area contributed by atoms with Gasteiger partial charge >= 0.3 is 23.9 Å². The Morgan fingerprint density at radius 1 is 0.624 bits per heavy atom. The fourth-order valence-corrected chi connectivity index (χ4v) is 19.5. The highest BCUT2D eigenvalue weighted by molar-refractivity contribution is 5.87. The smallest absolute Gasteiger partial charge is 0.335 e. The zero-order valence-corrected chi connectivity index (χ0v) is 58.6. The van der Waals surface area contributed by atoms with Crippen LogP contribution < -0.4 is 0 Å². The molecule has 0 radical (unpaired) electrons. The van der Waals surface area contributed by atoms with Crippen LogP contribution in [-0.2, 0) is 76.1 Å². The van der Waals surface area contributed by atoms with E-state index in [2.05, 4.69) is 46.8 Å². The third-order valence-electron chi connectivity index (χ3n) is 25.6. The summed E-state index contributed by atoms with van der Waals surface area (Å²) in [4.78, 5) is 70.2. The number of aliphatic carboxylic acids is 1. The van der Waals surface area contributed by atoms with Crippen LogP contribution in [-0.4, -0.2) is 263 Å². The van der Waals surface area contributed by atoms with Gasteiger partial charge in [0.15, 0.2) is 43.3 Å². The predicted molar refractivity (Wildman–Crippen MR) is 346 cm³/mol. The van der Waals surface area contributed by atoms with Crippen molar-refractivity contribution in [1.29, 1.82) is 0 Å². The zero-order chi connectivity index (χ0) is 73.7. The average molecular weight is 1430 g/mol. The Hall–Kier alpha value is -4.55. The number of carbonyl (C=O) groups is 5. The standard InChI is InChI=1S/C72H104O29/c1-31-11-13-35(14-12-31)15-18-45(78)97-55-33(3)92-64(60(58(55)93-34(4)75)94-39-25-32(2)46(79)50(83)48(39)81)101-66(90)72-24-23-67(5,6)26-37(72)36-16-17-42-68(7)21-20-44(69(8,30-74)41(68)19-22-70(42,9)71(36,10)27-43(72)77)96-65-59(100-63-53(86)51(84)49(82)40(28-73)95-63)56(54(87)57(99-65)61(88)89)98-62-52(85)47(80)38(76)29-91-62/h11-18,30,32-33,36-44,46-60,62-65,73,76-77,79-87H,19-29H2,1-10H3,(H,88,89)/b18-15+/t32-,33+,36?,37+,38-,39?,40-,41-,42-,43-,44+,46+,47+,48+,49+,50-,51+,52-,53-,54+,55-,56+,57+,58-,59-,60+,62+,63-,64-,65-,68+,69+,70-,71-,72-/m1/s1. The average Bonchev–Trinajstić information content (AvgIpc) is 0.670. The minimum atomic E-state index is -2.21. The topological polar surface area (TPSA) is 450 Å². The molecule has 2 unspecified atom stereocenters. The van der Waals surface area contributed by atoms with Crippen LogP contribution in [0.1, 0.15) is 131 Å². The van der Waals surface area contributed by atoms with Crippen LogP contribution in [0.25, 0.3) is 6.08 Å². The molecule has 0 bridgehead atoms. The third-order valence-corrected chi connectivity index (χ3v) is 25.6. The molecule has 566 valence electrons. The molecule has 0 aromatic heterocycles. The Balaban J connectivity index is 0.893. The Morgan fingerprint density at radius 3 is 1.95 bits per heavy atom. The van der Waals surface area contributed by atoms with Crippen LogP contribution in [0.4, 0.5) is 0 Å². The maximum atomic E-state index is 16.0. The van der Waals surface area contributed by atoms with E-state index in [0.29, 0.717) is 37.7 Å². The van der Waals surface area contributed by atoms with E-state index in [9.17, 15) is 85.6 Å². The first-order valence-electron chi connectivity index (χ1n) is 35.4. The molecule has 0 spiro atoms. The Bertz CT molecular complexity index is 3200. The van der Waals surface area contributed by atoms with Crippen molar-refractivity contribution in [1.82, 2.24) is 0 Å². The van der Waals surface area contributed by atoms with Gasteiger partial charge in [0, 0.05) is 13.0 Å². The van der Waals surface area contributed by atoms with Crippen LogP contribution in [0.15, 0.2) is 42.5 Å².